The zero-order valence-electron chi connectivity index (χ0n) is 10.8. The average Bonchev–Trinajstić information content (AvgIpc) is 2.23. The number of aliphatic hydroxyl groups is 1. The summed E-state index contributed by atoms with van der Waals surface area (Å²) in [5.41, 5.74) is -0.466. The van der Waals surface area contributed by atoms with Crippen molar-refractivity contribution in [3.63, 3.8) is 0 Å². The minimum absolute atomic E-state index is 0.191. The Balaban J connectivity index is 4.63. The molecule has 1 N–H and O–H groups in total. The van der Waals surface area contributed by atoms with Crippen molar-refractivity contribution in [3.05, 3.63) is 23.7 Å². The standard InChI is InChI=1S/C13H22O3/c1-6-11(9-8-10(3)14)16-12(15)13(4,5)7-2/h8-9,14H,6-7H2,1-5H3/b10-8+,11-9+. The summed E-state index contributed by atoms with van der Waals surface area (Å²) in [4.78, 5) is 11.8. The van der Waals surface area contributed by atoms with Gasteiger partial charge in [-0.1, -0.05) is 13.8 Å². The first kappa shape index (κ1) is 14.8. The summed E-state index contributed by atoms with van der Waals surface area (Å²) in [6.45, 7) is 9.14. The van der Waals surface area contributed by atoms with Gasteiger partial charge in [0, 0.05) is 6.42 Å². The Morgan fingerprint density at radius 1 is 1.31 bits per heavy atom. The van der Waals surface area contributed by atoms with E-state index in [-0.39, 0.29) is 11.7 Å². The summed E-state index contributed by atoms with van der Waals surface area (Å²) in [6.07, 6.45) is 4.50. The zero-order valence-corrected chi connectivity index (χ0v) is 10.8. The molecule has 0 aromatic rings. The molecule has 0 rings (SSSR count). The molecule has 0 radical (unpaired) electrons. The normalized spacial score (nSPS) is 13.8. The van der Waals surface area contributed by atoms with Gasteiger partial charge in [0.1, 0.15) is 5.76 Å². The maximum Gasteiger partial charge on any atom is 0.316 e. The lowest BCUT2D eigenvalue weighted by Gasteiger charge is -2.20. The van der Waals surface area contributed by atoms with Crippen LogP contribution >= 0.6 is 0 Å². The molecule has 3 nitrogen and oxygen atoms in total. The molecular formula is C13H22O3. The summed E-state index contributed by atoms with van der Waals surface area (Å²) in [6, 6.07) is 0. The molecular weight excluding hydrogens is 204 g/mol. The Kier molecular flexibility index (Phi) is 5.86. The molecule has 0 aliphatic rings. The van der Waals surface area contributed by atoms with Crippen LogP contribution in [0.15, 0.2) is 23.7 Å². The van der Waals surface area contributed by atoms with Gasteiger partial charge in [-0.25, -0.2) is 0 Å². The number of hydrogen-bond donors (Lipinski definition) is 1. The molecule has 0 atom stereocenters. The van der Waals surface area contributed by atoms with Gasteiger partial charge in [-0.15, -0.1) is 0 Å². The largest absolute Gasteiger partial charge is 0.513 e. The highest BCUT2D eigenvalue weighted by molar-refractivity contribution is 5.76. The van der Waals surface area contributed by atoms with Crippen LogP contribution in [0, 0.1) is 5.41 Å². The smallest absolute Gasteiger partial charge is 0.316 e. The Morgan fingerprint density at radius 2 is 1.88 bits per heavy atom. The molecule has 0 amide bonds. The van der Waals surface area contributed by atoms with Crippen molar-refractivity contribution >= 4 is 5.97 Å². The maximum absolute atomic E-state index is 11.8. The first-order valence-electron chi connectivity index (χ1n) is 5.62. The zero-order chi connectivity index (χ0) is 12.8. The number of carbonyl (C=O) groups excluding carboxylic acids is 1. The van der Waals surface area contributed by atoms with E-state index in [1.165, 1.54) is 6.08 Å². The van der Waals surface area contributed by atoms with Gasteiger partial charge >= 0.3 is 5.97 Å². The van der Waals surface area contributed by atoms with Gasteiger partial charge in [-0.2, -0.15) is 0 Å². The monoisotopic (exact) mass is 226 g/mol. The van der Waals surface area contributed by atoms with E-state index in [1.807, 2.05) is 27.7 Å². The number of carbonyl (C=O) groups is 1. The minimum atomic E-state index is -0.466. The van der Waals surface area contributed by atoms with Crippen LogP contribution in [0.3, 0.4) is 0 Å². The van der Waals surface area contributed by atoms with Crippen molar-refractivity contribution in [2.75, 3.05) is 0 Å². The SMILES string of the molecule is CC/C(=C\C=C(/C)O)OC(=O)C(C)(C)CC. The van der Waals surface area contributed by atoms with E-state index in [0.29, 0.717) is 12.2 Å². The molecule has 0 heterocycles. The van der Waals surface area contributed by atoms with Crippen LogP contribution in [0.25, 0.3) is 0 Å². The van der Waals surface area contributed by atoms with Crippen molar-refractivity contribution in [1.82, 2.24) is 0 Å². The van der Waals surface area contributed by atoms with Gasteiger partial charge in [0.25, 0.3) is 0 Å². The molecule has 0 unspecified atom stereocenters. The second kappa shape index (κ2) is 6.36. The first-order valence-corrected chi connectivity index (χ1v) is 5.62. The van der Waals surface area contributed by atoms with E-state index in [0.717, 1.165) is 6.42 Å². The first-order chi connectivity index (χ1) is 7.33. The molecule has 0 bridgehead atoms. The molecule has 0 aliphatic carbocycles. The van der Waals surface area contributed by atoms with E-state index in [4.69, 9.17) is 9.84 Å². The van der Waals surface area contributed by atoms with Gasteiger partial charge < -0.3 is 9.84 Å². The number of rotatable bonds is 5. The number of aliphatic hydroxyl groups excluding tert-OH is 1. The lowest BCUT2D eigenvalue weighted by Crippen LogP contribution is -2.25. The van der Waals surface area contributed by atoms with E-state index < -0.39 is 5.41 Å². The third kappa shape index (κ3) is 5.01. The number of ether oxygens (including phenoxy) is 1. The molecule has 0 saturated carbocycles. The number of esters is 1. The number of hydrogen-bond acceptors (Lipinski definition) is 3. The van der Waals surface area contributed by atoms with Crippen molar-refractivity contribution in [3.8, 4) is 0 Å². The van der Waals surface area contributed by atoms with Crippen molar-refractivity contribution in [2.45, 2.75) is 47.5 Å². The Morgan fingerprint density at radius 3 is 2.25 bits per heavy atom. The molecule has 0 saturated heterocycles. The van der Waals surface area contributed by atoms with Gasteiger partial charge in [-0.05, 0) is 39.3 Å². The van der Waals surface area contributed by atoms with E-state index in [1.54, 1.807) is 13.0 Å². The number of allylic oxidation sites excluding steroid dienone is 4. The topological polar surface area (TPSA) is 46.5 Å². The summed E-state index contributed by atoms with van der Waals surface area (Å²) >= 11 is 0. The summed E-state index contributed by atoms with van der Waals surface area (Å²) in [7, 11) is 0. The molecule has 0 aromatic carbocycles. The maximum atomic E-state index is 11.8. The van der Waals surface area contributed by atoms with E-state index in [9.17, 15) is 4.79 Å². The molecule has 0 spiro atoms. The molecule has 0 fully saturated rings. The van der Waals surface area contributed by atoms with Gasteiger partial charge in [0.15, 0.2) is 0 Å². The molecule has 92 valence electrons. The lowest BCUT2D eigenvalue weighted by molar-refractivity contribution is -0.149. The highest BCUT2D eigenvalue weighted by Crippen LogP contribution is 2.23. The van der Waals surface area contributed by atoms with Crippen LogP contribution in [-0.2, 0) is 9.53 Å². The van der Waals surface area contributed by atoms with E-state index >= 15 is 0 Å². The predicted octanol–water partition coefficient (Wildman–Crippen LogP) is 3.72. The quantitative estimate of drug-likeness (QED) is 0.441. The molecule has 0 aromatic heterocycles. The van der Waals surface area contributed by atoms with Crippen LogP contribution in [-0.4, -0.2) is 11.1 Å². The lowest BCUT2D eigenvalue weighted by atomic mass is 9.91. The second-order valence-electron chi connectivity index (χ2n) is 4.42. The highest BCUT2D eigenvalue weighted by Gasteiger charge is 2.27. The second-order valence-corrected chi connectivity index (χ2v) is 4.42. The van der Waals surface area contributed by atoms with Crippen molar-refractivity contribution < 1.29 is 14.6 Å². The minimum Gasteiger partial charge on any atom is -0.513 e. The fraction of sp³-hybridized carbons (Fsp3) is 0.615. The average molecular weight is 226 g/mol. The third-order valence-corrected chi connectivity index (χ3v) is 2.52. The van der Waals surface area contributed by atoms with Gasteiger partial charge in [0.2, 0.25) is 0 Å². The van der Waals surface area contributed by atoms with Crippen LogP contribution in [0.4, 0.5) is 0 Å². The molecule has 0 aliphatic heterocycles. The summed E-state index contributed by atoms with van der Waals surface area (Å²) < 4.78 is 5.27. The summed E-state index contributed by atoms with van der Waals surface area (Å²) in [5, 5.41) is 9.01. The molecule has 16 heavy (non-hydrogen) atoms. The Bertz CT molecular complexity index is 294. The Labute approximate surface area is 97.8 Å². The van der Waals surface area contributed by atoms with Crippen molar-refractivity contribution in [2.24, 2.45) is 5.41 Å². The highest BCUT2D eigenvalue weighted by atomic mass is 16.5. The van der Waals surface area contributed by atoms with Crippen molar-refractivity contribution in [1.29, 1.82) is 0 Å². The van der Waals surface area contributed by atoms with Crippen LogP contribution in [0.2, 0.25) is 0 Å². The molecule has 3 heteroatoms. The van der Waals surface area contributed by atoms with Crippen LogP contribution < -0.4 is 0 Å². The fourth-order valence-electron chi connectivity index (χ4n) is 0.839. The Hall–Kier alpha value is -1.25. The van der Waals surface area contributed by atoms with Crippen LogP contribution in [0.1, 0.15) is 47.5 Å². The fourth-order valence-corrected chi connectivity index (χ4v) is 0.839. The van der Waals surface area contributed by atoms with Gasteiger partial charge in [0.05, 0.1) is 11.2 Å². The predicted molar refractivity (Wildman–Crippen MR) is 64.9 cm³/mol. The third-order valence-electron chi connectivity index (χ3n) is 2.52. The summed E-state index contributed by atoms with van der Waals surface area (Å²) in [5.74, 6) is 0.531. The van der Waals surface area contributed by atoms with E-state index in [2.05, 4.69) is 0 Å². The van der Waals surface area contributed by atoms with Crippen LogP contribution in [0.5, 0.6) is 0 Å². The van der Waals surface area contributed by atoms with Gasteiger partial charge in [-0.3, -0.25) is 4.79 Å².